The molecule has 2 aromatic carbocycles. The molecule has 7 heteroatoms. The summed E-state index contributed by atoms with van der Waals surface area (Å²) in [6, 6.07) is 16.3. The highest BCUT2D eigenvalue weighted by Crippen LogP contribution is 2.24. The van der Waals surface area contributed by atoms with Gasteiger partial charge < -0.3 is 25.2 Å². The molecule has 0 saturated heterocycles. The van der Waals surface area contributed by atoms with Crippen molar-refractivity contribution in [3.63, 3.8) is 0 Å². The zero-order chi connectivity index (χ0) is 20.1. The van der Waals surface area contributed by atoms with Gasteiger partial charge in [-0.25, -0.2) is 0 Å². The summed E-state index contributed by atoms with van der Waals surface area (Å²) in [4.78, 5) is 39.2. The molecule has 0 aliphatic carbocycles. The van der Waals surface area contributed by atoms with Gasteiger partial charge in [-0.2, -0.15) is 0 Å². The minimum absolute atomic E-state index is 0.111. The van der Waals surface area contributed by atoms with E-state index in [4.69, 9.17) is 0 Å². The molecule has 2 heterocycles. The van der Waals surface area contributed by atoms with E-state index in [1.807, 2.05) is 30.3 Å². The van der Waals surface area contributed by atoms with Gasteiger partial charge in [0.2, 0.25) is 0 Å². The smallest absolute Gasteiger partial charge is 0.272 e. The van der Waals surface area contributed by atoms with Gasteiger partial charge in [-0.15, -0.1) is 0 Å². The maximum Gasteiger partial charge on any atom is 0.272 e. The molecule has 142 valence electrons. The summed E-state index contributed by atoms with van der Waals surface area (Å²) in [5.74, 6) is -1.16. The van der Waals surface area contributed by atoms with Crippen LogP contribution in [-0.2, 0) is 4.79 Å². The highest BCUT2D eigenvalue weighted by Gasteiger charge is 2.09. The summed E-state index contributed by atoms with van der Waals surface area (Å²) >= 11 is 0. The molecule has 0 aliphatic rings. The number of carboxylic acid groups (broad SMARTS) is 1. The van der Waals surface area contributed by atoms with Crippen LogP contribution in [-0.4, -0.2) is 21.8 Å². The number of aromatic nitrogens is 2. The number of rotatable bonds is 3. The Morgan fingerprint density at radius 1 is 1.04 bits per heavy atom. The van der Waals surface area contributed by atoms with Crippen molar-refractivity contribution in [2.75, 3.05) is 5.32 Å². The summed E-state index contributed by atoms with van der Waals surface area (Å²) in [6.07, 6.45) is 1.84. The number of aliphatic carboxylic acids is 1. The number of fused-ring (bicyclic) bond motifs is 3. The van der Waals surface area contributed by atoms with Crippen LogP contribution in [0.15, 0.2) is 65.6 Å². The van der Waals surface area contributed by atoms with Gasteiger partial charge in [0, 0.05) is 39.7 Å². The number of aromatic amines is 2. The largest absolute Gasteiger partial charge is 0.550 e. The number of carbonyl (C=O) groups excluding carboxylic acids is 2. The van der Waals surface area contributed by atoms with Gasteiger partial charge in [-0.1, -0.05) is 25.1 Å². The molecule has 1 amide bonds. The average molecular weight is 376 g/mol. The monoisotopic (exact) mass is 376 g/mol. The zero-order valence-corrected chi connectivity index (χ0v) is 15.1. The van der Waals surface area contributed by atoms with E-state index in [9.17, 15) is 19.5 Å². The number of H-pyrrole nitrogens is 2. The van der Waals surface area contributed by atoms with Crippen LogP contribution in [0.4, 0.5) is 5.69 Å². The van der Waals surface area contributed by atoms with Gasteiger partial charge in [0.15, 0.2) is 0 Å². The van der Waals surface area contributed by atoms with E-state index in [1.165, 1.54) is 6.92 Å². The third kappa shape index (κ3) is 4.09. The third-order valence-corrected chi connectivity index (χ3v) is 4.11. The van der Waals surface area contributed by atoms with Crippen molar-refractivity contribution < 1.29 is 14.7 Å². The molecule has 4 aromatic rings. The van der Waals surface area contributed by atoms with E-state index in [0.29, 0.717) is 16.8 Å². The van der Waals surface area contributed by atoms with Crippen LogP contribution in [0.3, 0.4) is 0 Å². The maximum atomic E-state index is 12.2. The first-order valence-corrected chi connectivity index (χ1v) is 8.69. The van der Waals surface area contributed by atoms with E-state index < -0.39 is 5.97 Å². The molecule has 3 N–H and O–H groups in total. The van der Waals surface area contributed by atoms with Gasteiger partial charge >= 0.3 is 0 Å². The number of pyridine rings is 1. The molecule has 0 radical (unpaired) electrons. The number of carbonyl (C=O) groups is 2. The fourth-order valence-electron chi connectivity index (χ4n) is 2.71. The lowest BCUT2D eigenvalue weighted by molar-refractivity contribution is -0.305. The number of amides is 1. The molecule has 0 bridgehead atoms. The highest BCUT2D eigenvalue weighted by atomic mass is 16.4. The molecule has 0 spiro atoms. The Balaban J connectivity index is 0.000000403. The van der Waals surface area contributed by atoms with Crippen LogP contribution < -0.4 is 16.0 Å². The van der Waals surface area contributed by atoms with Gasteiger partial charge in [-0.05, 0) is 42.8 Å². The minimum Gasteiger partial charge on any atom is -0.550 e. The Hall–Kier alpha value is -3.87. The van der Waals surface area contributed by atoms with Crippen molar-refractivity contribution in [1.29, 1.82) is 0 Å². The van der Waals surface area contributed by atoms with Crippen molar-refractivity contribution >= 4 is 39.4 Å². The average Bonchev–Trinajstić information content (AvgIpc) is 3.20. The molecule has 0 aliphatic heterocycles. The lowest BCUT2D eigenvalue weighted by Gasteiger charge is -2.07. The lowest BCUT2D eigenvalue weighted by Crippen LogP contribution is -2.19. The van der Waals surface area contributed by atoms with Crippen molar-refractivity contribution in [1.82, 2.24) is 9.97 Å². The number of anilines is 1. The van der Waals surface area contributed by atoms with Crippen molar-refractivity contribution in [3.05, 3.63) is 76.7 Å². The summed E-state index contributed by atoms with van der Waals surface area (Å²) in [6.45, 7) is 1.54. The molecular weight excluding hydrogens is 358 g/mol. The number of benzene rings is 2. The molecular formula is C21H18N3O4-. The van der Waals surface area contributed by atoms with Gasteiger partial charge in [0.25, 0.3) is 11.5 Å². The number of nitrogens with one attached hydrogen (secondary N) is 3. The Kier molecular flexibility index (Phi) is 5.55. The van der Waals surface area contributed by atoms with Gasteiger partial charge in [0.05, 0.1) is 0 Å². The molecule has 0 atom stereocenters. The molecule has 0 unspecified atom stereocenters. The van der Waals surface area contributed by atoms with E-state index in [2.05, 4.69) is 15.3 Å². The number of hydrogen-bond acceptors (Lipinski definition) is 4. The first-order chi connectivity index (χ1) is 13.5. The van der Waals surface area contributed by atoms with E-state index >= 15 is 0 Å². The SMILES string of the molecule is CCC(=O)[O-].O=C(Nc1ccc2[nH]c(=O)c3[nH]ccc3c2c1)c1ccccc1. The second-order valence-electron chi connectivity index (χ2n) is 6.03. The third-order valence-electron chi connectivity index (χ3n) is 4.11. The standard InChI is InChI=1S/C18H13N3O2.C3H6O2/c22-17(11-4-2-1-3-5-11)20-12-6-7-15-14(10-12)13-8-9-19-16(13)18(23)21-15;1-2-3(4)5/h1-10,19H,(H,20,22)(H,21,23);2H2,1H3,(H,4,5)/p-1. The second-order valence-corrected chi connectivity index (χ2v) is 6.03. The number of hydrogen-bond donors (Lipinski definition) is 3. The zero-order valence-electron chi connectivity index (χ0n) is 15.1. The molecule has 28 heavy (non-hydrogen) atoms. The Bertz CT molecular complexity index is 1190. The van der Waals surface area contributed by atoms with E-state index in [1.54, 1.807) is 30.5 Å². The first kappa shape index (κ1) is 18.9. The lowest BCUT2D eigenvalue weighted by atomic mass is 10.1. The van der Waals surface area contributed by atoms with Crippen LogP contribution in [0.25, 0.3) is 21.8 Å². The quantitative estimate of drug-likeness (QED) is 0.509. The van der Waals surface area contributed by atoms with Crippen LogP contribution >= 0.6 is 0 Å². The van der Waals surface area contributed by atoms with Crippen molar-refractivity contribution in [3.8, 4) is 0 Å². The maximum absolute atomic E-state index is 12.2. The topological polar surface area (TPSA) is 118 Å². The van der Waals surface area contributed by atoms with E-state index in [0.717, 1.165) is 16.3 Å². The molecule has 7 nitrogen and oxygen atoms in total. The van der Waals surface area contributed by atoms with Gasteiger partial charge in [-0.3, -0.25) is 9.59 Å². The molecule has 0 saturated carbocycles. The summed E-state index contributed by atoms with van der Waals surface area (Å²) < 4.78 is 0. The predicted molar refractivity (Wildman–Crippen MR) is 106 cm³/mol. The second kappa shape index (κ2) is 8.22. The van der Waals surface area contributed by atoms with Crippen molar-refractivity contribution in [2.45, 2.75) is 13.3 Å². The fourth-order valence-corrected chi connectivity index (χ4v) is 2.71. The number of carboxylic acids is 1. The summed E-state index contributed by atoms with van der Waals surface area (Å²) in [7, 11) is 0. The minimum atomic E-state index is -0.995. The Morgan fingerprint density at radius 2 is 1.75 bits per heavy atom. The van der Waals surface area contributed by atoms with Crippen LogP contribution in [0, 0.1) is 0 Å². The van der Waals surface area contributed by atoms with E-state index in [-0.39, 0.29) is 17.9 Å². The van der Waals surface area contributed by atoms with Crippen LogP contribution in [0.1, 0.15) is 23.7 Å². The normalized spacial score (nSPS) is 10.3. The molecule has 4 rings (SSSR count). The predicted octanol–water partition coefficient (Wildman–Crippen LogP) is 2.41. The summed E-state index contributed by atoms with van der Waals surface area (Å²) in [5, 5.41) is 13.9. The van der Waals surface area contributed by atoms with Crippen LogP contribution in [0.5, 0.6) is 0 Å². The van der Waals surface area contributed by atoms with Crippen molar-refractivity contribution in [2.24, 2.45) is 0 Å². The molecule has 0 fully saturated rings. The highest BCUT2D eigenvalue weighted by molar-refractivity contribution is 6.08. The fraction of sp³-hybridized carbons (Fsp3) is 0.0952. The summed E-state index contributed by atoms with van der Waals surface area (Å²) in [5.41, 5.74) is 2.39. The molecule has 2 aromatic heterocycles. The Morgan fingerprint density at radius 3 is 2.43 bits per heavy atom. The van der Waals surface area contributed by atoms with Crippen LogP contribution in [0.2, 0.25) is 0 Å². The first-order valence-electron chi connectivity index (χ1n) is 8.69. The van der Waals surface area contributed by atoms with Gasteiger partial charge in [0.1, 0.15) is 5.52 Å². The Labute approximate surface area is 160 Å².